The van der Waals surface area contributed by atoms with Crippen molar-refractivity contribution in [2.45, 2.75) is 45.2 Å². The maximum Gasteiger partial charge on any atom is 0.303 e. The van der Waals surface area contributed by atoms with Gasteiger partial charge in [-0.2, -0.15) is 0 Å². The van der Waals surface area contributed by atoms with Gasteiger partial charge in [0.15, 0.2) is 0 Å². The summed E-state index contributed by atoms with van der Waals surface area (Å²) in [7, 11) is 0. The first-order valence-electron chi connectivity index (χ1n) is 8.25. The third-order valence-corrected chi connectivity index (χ3v) is 4.32. The Bertz CT molecular complexity index is 600. The predicted octanol–water partition coefficient (Wildman–Crippen LogP) is 1.97. The number of likely N-dealkylation sites (tertiary alicyclic amines) is 1. The van der Waals surface area contributed by atoms with Crippen LogP contribution in [0.2, 0.25) is 0 Å². The van der Waals surface area contributed by atoms with Crippen LogP contribution in [-0.2, 0) is 14.4 Å². The van der Waals surface area contributed by atoms with Crippen LogP contribution >= 0.6 is 0 Å². The second-order valence-electron chi connectivity index (χ2n) is 6.45. The molecule has 1 heterocycles. The first-order valence-corrected chi connectivity index (χ1v) is 8.25. The van der Waals surface area contributed by atoms with Gasteiger partial charge in [-0.25, -0.2) is 0 Å². The zero-order valence-corrected chi connectivity index (χ0v) is 14.1. The number of carbonyl (C=O) groups excluding carboxylic acids is 2. The van der Waals surface area contributed by atoms with Crippen LogP contribution in [0.15, 0.2) is 30.3 Å². The Hall–Kier alpha value is -2.37. The molecule has 0 saturated carbocycles. The van der Waals surface area contributed by atoms with Gasteiger partial charge in [0.1, 0.15) is 0 Å². The van der Waals surface area contributed by atoms with Crippen LogP contribution < -0.4 is 5.32 Å². The Labute approximate surface area is 141 Å². The van der Waals surface area contributed by atoms with Crippen molar-refractivity contribution >= 4 is 17.8 Å². The van der Waals surface area contributed by atoms with Gasteiger partial charge < -0.3 is 15.3 Å². The van der Waals surface area contributed by atoms with Crippen molar-refractivity contribution < 1.29 is 19.5 Å². The van der Waals surface area contributed by atoms with E-state index in [0.717, 1.165) is 5.56 Å². The number of amides is 2. The molecule has 2 N–H and O–H groups in total. The lowest BCUT2D eigenvalue weighted by molar-refractivity contribution is -0.137. The monoisotopic (exact) mass is 332 g/mol. The summed E-state index contributed by atoms with van der Waals surface area (Å²) in [6, 6.07) is 9.03. The van der Waals surface area contributed by atoms with E-state index in [2.05, 4.69) is 5.32 Å². The number of nitrogens with one attached hydrogen (secondary N) is 1. The van der Waals surface area contributed by atoms with Gasteiger partial charge in [0, 0.05) is 25.4 Å². The summed E-state index contributed by atoms with van der Waals surface area (Å²) in [5, 5.41) is 11.9. The van der Waals surface area contributed by atoms with Crippen molar-refractivity contribution in [1.82, 2.24) is 10.2 Å². The van der Waals surface area contributed by atoms with E-state index in [1.165, 1.54) is 0 Å². The van der Waals surface area contributed by atoms with Gasteiger partial charge in [-0.3, -0.25) is 14.4 Å². The van der Waals surface area contributed by atoms with E-state index < -0.39 is 5.97 Å². The predicted molar refractivity (Wildman–Crippen MR) is 89.2 cm³/mol. The molecule has 6 nitrogen and oxygen atoms in total. The van der Waals surface area contributed by atoms with Crippen LogP contribution in [0.25, 0.3) is 0 Å². The number of hydrogen-bond donors (Lipinski definition) is 2. The molecule has 2 rings (SSSR count). The highest BCUT2D eigenvalue weighted by Crippen LogP contribution is 2.23. The fourth-order valence-electron chi connectivity index (χ4n) is 2.97. The van der Waals surface area contributed by atoms with E-state index in [-0.39, 0.29) is 42.7 Å². The first kappa shape index (κ1) is 18.0. The summed E-state index contributed by atoms with van der Waals surface area (Å²) in [5.74, 6) is -1.47. The molecule has 24 heavy (non-hydrogen) atoms. The Morgan fingerprint density at radius 2 is 1.96 bits per heavy atom. The van der Waals surface area contributed by atoms with Crippen molar-refractivity contribution in [3.8, 4) is 0 Å². The van der Waals surface area contributed by atoms with E-state index in [4.69, 9.17) is 5.11 Å². The molecule has 1 aromatic rings. The fourth-order valence-corrected chi connectivity index (χ4v) is 2.97. The summed E-state index contributed by atoms with van der Waals surface area (Å²) in [5.41, 5.74) is 0.872. The topological polar surface area (TPSA) is 86.7 Å². The first-order chi connectivity index (χ1) is 11.4. The number of carboxylic acids is 1. The van der Waals surface area contributed by atoms with E-state index in [0.29, 0.717) is 13.0 Å². The zero-order valence-electron chi connectivity index (χ0n) is 14.1. The third kappa shape index (κ3) is 4.57. The molecule has 1 saturated heterocycles. The minimum atomic E-state index is -0.896. The highest BCUT2D eigenvalue weighted by molar-refractivity contribution is 5.89. The molecule has 0 radical (unpaired) electrons. The standard InChI is InChI=1S/C18H24N2O4/c1-12(2)20-11-14(10-16(20)21)18(24)19-15(8-9-17(22)23)13-6-4-3-5-7-13/h3-7,12,14-15H,8-11H2,1-2H3,(H,19,24)(H,22,23)/t14-,15-/m1/s1. The van der Waals surface area contributed by atoms with Gasteiger partial charge in [-0.15, -0.1) is 0 Å². The molecule has 130 valence electrons. The van der Waals surface area contributed by atoms with Gasteiger partial charge in [-0.05, 0) is 25.8 Å². The molecule has 1 fully saturated rings. The van der Waals surface area contributed by atoms with E-state index >= 15 is 0 Å². The van der Waals surface area contributed by atoms with Crippen LogP contribution in [0.5, 0.6) is 0 Å². The molecule has 1 aliphatic rings. The molecule has 1 aromatic carbocycles. The highest BCUT2D eigenvalue weighted by Gasteiger charge is 2.36. The summed E-state index contributed by atoms with van der Waals surface area (Å²) in [6.07, 6.45) is 0.506. The van der Waals surface area contributed by atoms with Crippen molar-refractivity contribution in [3.63, 3.8) is 0 Å². The molecule has 6 heteroatoms. The molecular weight excluding hydrogens is 308 g/mol. The summed E-state index contributed by atoms with van der Waals surface area (Å²) >= 11 is 0. The fraction of sp³-hybridized carbons (Fsp3) is 0.500. The molecule has 1 aliphatic heterocycles. The second kappa shape index (κ2) is 7.95. The van der Waals surface area contributed by atoms with E-state index in [1.54, 1.807) is 4.90 Å². The smallest absolute Gasteiger partial charge is 0.303 e. The Balaban J connectivity index is 2.05. The third-order valence-electron chi connectivity index (χ3n) is 4.32. The van der Waals surface area contributed by atoms with Gasteiger partial charge in [0.05, 0.1) is 12.0 Å². The minimum Gasteiger partial charge on any atom is -0.481 e. The maximum absolute atomic E-state index is 12.6. The number of rotatable bonds is 7. The number of aliphatic carboxylic acids is 1. The number of carboxylic acid groups (broad SMARTS) is 1. The van der Waals surface area contributed by atoms with Crippen molar-refractivity contribution in [3.05, 3.63) is 35.9 Å². The van der Waals surface area contributed by atoms with Crippen molar-refractivity contribution in [2.75, 3.05) is 6.54 Å². The van der Waals surface area contributed by atoms with E-state index in [9.17, 15) is 14.4 Å². The molecule has 0 unspecified atom stereocenters. The SMILES string of the molecule is CC(C)N1C[C@H](C(=O)N[C@H](CCC(=O)O)c2ccccc2)CC1=O. The lowest BCUT2D eigenvalue weighted by Crippen LogP contribution is -2.37. The van der Waals surface area contributed by atoms with Gasteiger partial charge in [0.25, 0.3) is 0 Å². The van der Waals surface area contributed by atoms with Gasteiger partial charge >= 0.3 is 5.97 Å². The summed E-state index contributed by atoms with van der Waals surface area (Å²) in [6.45, 7) is 4.28. The Kier molecular flexibility index (Phi) is 5.95. The zero-order chi connectivity index (χ0) is 17.7. The van der Waals surface area contributed by atoms with Crippen molar-refractivity contribution in [1.29, 1.82) is 0 Å². The lowest BCUT2D eigenvalue weighted by atomic mass is 10.00. The molecule has 0 aliphatic carbocycles. The van der Waals surface area contributed by atoms with Crippen LogP contribution in [0, 0.1) is 5.92 Å². The summed E-state index contributed by atoms with van der Waals surface area (Å²) in [4.78, 5) is 37.1. The molecule has 2 amide bonds. The van der Waals surface area contributed by atoms with Crippen LogP contribution in [0.3, 0.4) is 0 Å². The number of nitrogens with zero attached hydrogens (tertiary/aromatic N) is 1. The van der Waals surface area contributed by atoms with Crippen LogP contribution in [0.1, 0.15) is 44.7 Å². The molecule has 0 aromatic heterocycles. The van der Waals surface area contributed by atoms with E-state index in [1.807, 2.05) is 44.2 Å². The van der Waals surface area contributed by atoms with Gasteiger partial charge in [-0.1, -0.05) is 30.3 Å². The van der Waals surface area contributed by atoms with Crippen molar-refractivity contribution in [2.24, 2.45) is 5.92 Å². The van der Waals surface area contributed by atoms with Crippen LogP contribution in [-0.4, -0.2) is 40.4 Å². The Morgan fingerprint density at radius 1 is 1.29 bits per heavy atom. The Morgan fingerprint density at radius 3 is 2.50 bits per heavy atom. The summed E-state index contributed by atoms with van der Waals surface area (Å²) < 4.78 is 0. The number of benzene rings is 1. The minimum absolute atomic E-state index is 0.00746. The van der Waals surface area contributed by atoms with Gasteiger partial charge in [0.2, 0.25) is 11.8 Å². The molecule has 2 atom stereocenters. The largest absolute Gasteiger partial charge is 0.481 e. The second-order valence-corrected chi connectivity index (χ2v) is 6.45. The quantitative estimate of drug-likeness (QED) is 0.799. The maximum atomic E-state index is 12.6. The average molecular weight is 332 g/mol. The molecular formula is C18H24N2O4. The highest BCUT2D eigenvalue weighted by atomic mass is 16.4. The normalized spacial score (nSPS) is 18.7. The van der Waals surface area contributed by atoms with Crippen LogP contribution in [0.4, 0.5) is 0 Å². The lowest BCUT2D eigenvalue weighted by Gasteiger charge is -2.22. The molecule has 0 spiro atoms. The molecule has 0 bridgehead atoms. The average Bonchev–Trinajstić information content (AvgIpc) is 2.94. The number of hydrogen-bond acceptors (Lipinski definition) is 3. The number of carbonyl (C=O) groups is 3.